The van der Waals surface area contributed by atoms with Crippen LogP contribution in [0.5, 0.6) is 0 Å². The van der Waals surface area contributed by atoms with Crippen molar-refractivity contribution in [1.82, 2.24) is 4.90 Å². The molecule has 0 aromatic rings. The lowest BCUT2D eigenvalue weighted by atomic mass is 10.2. The Bertz CT molecular complexity index is 133. The van der Waals surface area contributed by atoms with Crippen molar-refractivity contribution >= 4 is 11.6 Å². The van der Waals surface area contributed by atoms with Gasteiger partial charge in [-0.25, -0.2) is 0 Å². The average Bonchev–Trinajstić information content (AvgIpc) is 2.16. The van der Waals surface area contributed by atoms with Crippen LogP contribution in [0.25, 0.3) is 0 Å². The second-order valence-electron chi connectivity index (χ2n) is 3.35. The first-order valence-electron chi connectivity index (χ1n) is 4.87. The minimum absolute atomic E-state index is 0.216. The Kier molecular flexibility index (Phi) is 5.71. The normalized spacial score (nSPS) is 24.9. The summed E-state index contributed by atoms with van der Waals surface area (Å²) in [5, 5.41) is 8.76. The van der Waals surface area contributed by atoms with Crippen LogP contribution in [0, 0.1) is 0 Å². The maximum atomic E-state index is 8.76. The predicted octanol–water partition coefficient (Wildman–Crippen LogP) is 0.698. The molecule has 1 saturated heterocycles. The third-order valence-corrected chi connectivity index (χ3v) is 2.55. The van der Waals surface area contributed by atoms with Gasteiger partial charge in [-0.1, -0.05) is 0 Å². The lowest BCUT2D eigenvalue weighted by molar-refractivity contribution is -0.0378. The number of aliphatic hydroxyl groups excluding tert-OH is 1. The van der Waals surface area contributed by atoms with Gasteiger partial charge in [0.1, 0.15) is 0 Å². The highest BCUT2D eigenvalue weighted by Gasteiger charge is 2.18. The first-order chi connectivity index (χ1) is 6.36. The third-order valence-electron chi connectivity index (χ3n) is 2.28. The molecule has 1 aliphatic heterocycles. The number of nitrogens with zero attached hydrogens (tertiary/aromatic N) is 1. The van der Waals surface area contributed by atoms with Gasteiger partial charge in [0.15, 0.2) is 0 Å². The van der Waals surface area contributed by atoms with E-state index in [2.05, 4.69) is 4.90 Å². The molecular weight excluding hydrogens is 190 g/mol. The molecule has 1 atom stereocenters. The molecule has 0 radical (unpaired) electrons. The number of hydrogen-bond acceptors (Lipinski definition) is 3. The summed E-state index contributed by atoms with van der Waals surface area (Å²) in [6, 6.07) is 0. The van der Waals surface area contributed by atoms with E-state index >= 15 is 0 Å². The van der Waals surface area contributed by atoms with Gasteiger partial charge < -0.3 is 9.84 Å². The summed E-state index contributed by atoms with van der Waals surface area (Å²) in [5.74, 6) is 0.724. The molecule has 0 unspecified atom stereocenters. The molecule has 4 heteroatoms. The second-order valence-corrected chi connectivity index (χ2v) is 3.73. The molecule has 0 saturated carbocycles. The summed E-state index contributed by atoms with van der Waals surface area (Å²) >= 11 is 5.62. The van der Waals surface area contributed by atoms with Crippen LogP contribution in [0.4, 0.5) is 0 Å². The van der Waals surface area contributed by atoms with Gasteiger partial charge in [0.25, 0.3) is 0 Å². The number of aliphatic hydroxyl groups is 1. The lowest BCUT2D eigenvalue weighted by Gasteiger charge is -2.32. The van der Waals surface area contributed by atoms with Crippen molar-refractivity contribution in [3.63, 3.8) is 0 Å². The SMILES string of the molecule is OCC[C@H]1CN(CCCCl)CCO1. The van der Waals surface area contributed by atoms with E-state index in [4.69, 9.17) is 21.4 Å². The summed E-state index contributed by atoms with van der Waals surface area (Å²) < 4.78 is 5.49. The second kappa shape index (κ2) is 6.60. The number of rotatable bonds is 5. The predicted molar refractivity (Wildman–Crippen MR) is 53.2 cm³/mol. The Labute approximate surface area is 84.6 Å². The van der Waals surface area contributed by atoms with Gasteiger partial charge in [-0.15, -0.1) is 11.6 Å². The Morgan fingerprint density at radius 1 is 1.54 bits per heavy atom. The van der Waals surface area contributed by atoms with E-state index in [0.29, 0.717) is 0 Å². The molecule has 1 fully saturated rings. The molecule has 0 spiro atoms. The zero-order chi connectivity index (χ0) is 9.52. The van der Waals surface area contributed by atoms with E-state index in [1.807, 2.05) is 0 Å². The van der Waals surface area contributed by atoms with Crippen molar-refractivity contribution < 1.29 is 9.84 Å². The monoisotopic (exact) mass is 207 g/mol. The van der Waals surface area contributed by atoms with E-state index in [1.165, 1.54) is 0 Å². The molecule has 1 N–H and O–H groups in total. The van der Waals surface area contributed by atoms with E-state index < -0.39 is 0 Å². The zero-order valence-corrected chi connectivity index (χ0v) is 8.67. The first kappa shape index (κ1) is 11.2. The van der Waals surface area contributed by atoms with Gasteiger partial charge in [0.05, 0.1) is 12.7 Å². The van der Waals surface area contributed by atoms with Crippen molar-refractivity contribution in [2.24, 2.45) is 0 Å². The number of hydrogen-bond donors (Lipinski definition) is 1. The van der Waals surface area contributed by atoms with Crippen LogP contribution < -0.4 is 0 Å². The summed E-state index contributed by atoms with van der Waals surface area (Å²) in [6.07, 6.45) is 2.00. The molecular formula is C9H18ClNO2. The Hall–Kier alpha value is 0.170. The summed E-state index contributed by atoms with van der Waals surface area (Å²) in [7, 11) is 0. The largest absolute Gasteiger partial charge is 0.396 e. The minimum Gasteiger partial charge on any atom is -0.396 e. The molecule has 0 aromatic heterocycles. The van der Waals surface area contributed by atoms with Crippen LogP contribution in [0.1, 0.15) is 12.8 Å². The van der Waals surface area contributed by atoms with Crippen LogP contribution in [0.15, 0.2) is 0 Å². The van der Waals surface area contributed by atoms with Gasteiger partial charge in [-0.3, -0.25) is 4.90 Å². The Balaban J connectivity index is 2.16. The third kappa shape index (κ3) is 4.27. The fraction of sp³-hybridized carbons (Fsp3) is 1.00. The molecule has 0 aromatic carbocycles. The van der Waals surface area contributed by atoms with Gasteiger partial charge >= 0.3 is 0 Å². The highest BCUT2D eigenvalue weighted by molar-refractivity contribution is 6.17. The number of alkyl halides is 1. The first-order valence-corrected chi connectivity index (χ1v) is 5.41. The molecule has 78 valence electrons. The van der Waals surface area contributed by atoms with Gasteiger partial charge in [0.2, 0.25) is 0 Å². The molecule has 1 rings (SSSR count). The topological polar surface area (TPSA) is 32.7 Å². The van der Waals surface area contributed by atoms with Crippen molar-refractivity contribution in [2.75, 3.05) is 38.7 Å². The standard InChI is InChI=1S/C9H18ClNO2/c10-3-1-4-11-5-7-13-9(8-11)2-6-12/h9,12H,1-8H2/t9-/m0/s1. The number of morpholine rings is 1. The molecule has 0 aliphatic carbocycles. The molecule has 0 bridgehead atoms. The maximum absolute atomic E-state index is 8.76. The summed E-state index contributed by atoms with van der Waals surface area (Å²) in [6.45, 7) is 3.99. The summed E-state index contributed by atoms with van der Waals surface area (Å²) in [4.78, 5) is 2.35. The van der Waals surface area contributed by atoms with Crippen molar-refractivity contribution in [1.29, 1.82) is 0 Å². The maximum Gasteiger partial charge on any atom is 0.0724 e. The van der Waals surface area contributed by atoms with Gasteiger partial charge in [0, 0.05) is 25.6 Å². The molecule has 3 nitrogen and oxygen atoms in total. The fourth-order valence-electron chi connectivity index (χ4n) is 1.59. The Morgan fingerprint density at radius 3 is 3.08 bits per heavy atom. The van der Waals surface area contributed by atoms with Crippen molar-refractivity contribution in [2.45, 2.75) is 18.9 Å². The van der Waals surface area contributed by atoms with Crippen molar-refractivity contribution in [3.05, 3.63) is 0 Å². The Morgan fingerprint density at radius 2 is 2.38 bits per heavy atom. The van der Waals surface area contributed by atoms with E-state index in [9.17, 15) is 0 Å². The average molecular weight is 208 g/mol. The quantitative estimate of drug-likeness (QED) is 0.674. The summed E-state index contributed by atoms with van der Waals surface area (Å²) in [5.41, 5.74) is 0. The fourth-order valence-corrected chi connectivity index (χ4v) is 1.71. The van der Waals surface area contributed by atoms with Crippen LogP contribution in [-0.4, -0.2) is 54.8 Å². The lowest BCUT2D eigenvalue weighted by Crippen LogP contribution is -2.43. The highest BCUT2D eigenvalue weighted by atomic mass is 35.5. The van der Waals surface area contributed by atoms with E-state index in [0.717, 1.165) is 45.0 Å². The van der Waals surface area contributed by atoms with E-state index in [1.54, 1.807) is 0 Å². The molecule has 0 amide bonds. The molecule has 1 heterocycles. The van der Waals surface area contributed by atoms with Gasteiger partial charge in [-0.2, -0.15) is 0 Å². The van der Waals surface area contributed by atoms with Crippen LogP contribution in [-0.2, 0) is 4.74 Å². The van der Waals surface area contributed by atoms with Crippen LogP contribution in [0.3, 0.4) is 0 Å². The zero-order valence-electron chi connectivity index (χ0n) is 7.91. The van der Waals surface area contributed by atoms with Crippen molar-refractivity contribution in [3.8, 4) is 0 Å². The number of halogens is 1. The van der Waals surface area contributed by atoms with E-state index in [-0.39, 0.29) is 12.7 Å². The minimum atomic E-state index is 0.216. The highest BCUT2D eigenvalue weighted by Crippen LogP contribution is 2.08. The van der Waals surface area contributed by atoms with Gasteiger partial charge in [-0.05, 0) is 19.4 Å². The number of ether oxygens (including phenoxy) is 1. The molecule has 13 heavy (non-hydrogen) atoms. The van der Waals surface area contributed by atoms with Crippen LogP contribution in [0.2, 0.25) is 0 Å². The smallest absolute Gasteiger partial charge is 0.0724 e. The van der Waals surface area contributed by atoms with Crippen LogP contribution >= 0.6 is 11.6 Å². The molecule has 1 aliphatic rings.